The van der Waals surface area contributed by atoms with E-state index in [-0.39, 0.29) is 41.6 Å². The Balaban J connectivity index is 1.20. The Morgan fingerprint density at radius 1 is 1.08 bits per heavy atom. The smallest absolute Gasteiger partial charge is 0.346 e. The quantitative estimate of drug-likeness (QED) is 0.136. The van der Waals surface area contributed by atoms with Gasteiger partial charge in [0, 0.05) is 66.8 Å². The number of fused-ring (bicyclic) bond motifs is 5. The molecule has 0 radical (unpaired) electrons. The lowest BCUT2D eigenvalue weighted by Gasteiger charge is -2.31. The lowest BCUT2D eigenvalue weighted by Crippen LogP contribution is -2.49. The highest BCUT2D eigenvalue weighted by Crippen LogP contribution is 2.68. The number of aromatic nitrogens is 6. The van der Waals surface area contributed by atoms with E-state index in [1.165, 1.54) is 16.0 Å². The average molecular weight is 877 g/mol. The number of alkyl halides is 5. The first kappa shape index (κ1) is 40.1. The van der Waals surface area contributed by atoms with E-state index in [1.54, 1.807) is 31.3 Å². The molecule has 1 aliphatic heterocycles. The molecule has 60 heavy (non-hydrogen) atoms. The van der Waals surface area contributed by atoms with Crippen LogP contribution in [0.2, 0.25) is 0 Å². The zero-order valence-electron chi connectivity index (χ0n) is 31.9. The molecule has 22 heteroatoms. The molecule has 0 bridgehead atoms. The lowest BCUT2D eigenvalue weighted by molar-refractivity contribution is -0.142. The van der Waals surface area contributed by atoms with Crippen LogP contribution >= 0.6 is 11.3 Å². The molecule has 5 heterocycles. The van der Waals surface area contributed by atoms with E-state index in [9.17, 15) is 35.2 Å². The maximum absolute atomic E-state index is 15.5. The summed E-state index contributed by atoms with van der Waals surface area (Å²) in [5.41, 5.74) is -1.40. The molecule has 2 aromatic carbocycles. The molecule has 4 atom stereocenters. The fourth-order valence-electron chi connectivity index (χ4n) is 8.54. The molecular weight excluding hydrogens is 842 g/mol. The predicted octanol–water partition coefficient (Wildman–Crippen LogP) is 6.22. The summed E-state index contributed by atoms with van der Waals surface area (Å²) >= 11 is 1.35. The van der Waals surface area contributed by atoms with Crippen LogP contribution in [0.25, 0.3) is 32.4 Å². The molecule has 3 aliphatic rings. The van der Waals surface area contributed by atoms with E-state index in [0.717, 1.165) is 18.4 Å². The summed E-state index contributed by atoms with van der Waals surface area (Å²) in [6.45, 7) is 2.97. The van der Waals surface area contributed by atoms with E-state index in [0.29, 0.717) is 62.2 Å². The average Bonchev–Trinajstić information content (AvgIpc) is 3.41. The molecular formula is C38H35F7N10O3S2. The van der Waals surface area contributed by atoms with Crippen LogP contribution in [0.5, 0.6) is 0 Å². The van der Waals surface area contributed by atoms with Gasteiger partial charge in [-0.3, -0.25) is 18.9 Å². The van der Waals surface area contributed by atoms with Gasteiger partial charge in [-0.1, -0.05) is 23.5 Å². The van der Waals surface area contributed by atoms with Gasteiger partial charge in [0.05, 0.1) is 28.2 Å². The molecule has 9 rings (SSSR count). The Labute approximate surface area is 341 Å². The van der Waals surface area contributed by atoms with Gasteiger partial charge in [0.2, 0.25) is 15.9 Å². The third-order valence-corrected chi connectivity index (χ3v) is 12.6. The highest BCUT2D eigenvalue weighted by atomic mass is 32.2. The van der Waals surface area contributed by atoms with E-state index < -0.39 is 81.0 Å². The van der Waals surface area contributed by atoms with Crippen LogP contribution in [0.4, 0.5) is 41.7 Å². The van der Waals surface area contributed by atoms with Crippen molar-refractivity contribution in [2.24, 2.45) is 13.0 Å². The second kappa shape index (κ2) is 14.1. The van der Waals surface area contributed by atoms with Crippen LogP contribution in [0.1, 0.15) is 53.5 Å². The number of sulfonamides is 1. The highest BCUT2D eigenvalue weighted by molar-refractivity contribution is 7.92. The molecule has 1 saturated carbocycles. The summed E-state index contributed by atoms with van der Waals surface area (Å²) in [5.74, 6) is -8.88. The minimum absolute atomic E-state index is 0.0276. The number of carbonyl (C=O) groups is 1. The Kier molecular flexibility index (Phi) is 9.43. The van der Waals surface area contributed by atoms with Crippen LogP contribution in [0.3, 0.4) is 0 Å². The second-order valence-electron chi connectivity index (χ2n) is 15.5. The van der Waals surface area contributed by atoms with Crippen LogP contribution in [0.15, 0.2) is 42.5 Å². The lowest BCUT2D eigenvalue weighted by atomic mass is 9.94. The van der Waals surface area contributed by atoms with Crippen molar-refractivity contribution in [2.45, 2.75) is 56.4 Å². The van der Waals surface area contributed by atoms with Crippen LogP contribution < -0.4 is 20.3 Å². The zero-order chi connectivity index (χ0) is 42.6. The first-order valence-electron chi connectivity index (χ1n) is 18.8. The van der Waals surface area contributed by atoms with Gasteiger partial charge >= 0.3 is 6.18 Å². The first-order chi connectivity index (χ1) is 28.2. The van der Waals surface area contributed by atoms with E-state index >= 15 is 8.78 Å². The SMILES string of the molecule is C[C@@H]1CN(c2nc3nc([C@H](Cc4cc(F)cc(F)c4)NC(=O)Cn4nc(C(F)(F)F)c5c4C(F)(F)[C@@H]4CC54)c(-c4cccc5c(NS(C)(=O)=O)nn(C)c45)cc3s2)CCN1. The number of para-hydroxylation sites is 1. The molecule has 1 amide bonds. The standard InChI is InChI=1S/C38H35F7N10O3S2/c1-17-15-54(8-7-46-17)36-49-35-27(59-36)14-23(21-5-4-6-22-31(21)53(2)51-34(22)52-60(3,57)58)30(48-35)26(11-18-9-19(39)12-20(40)10-18)47-28(56)16-55-33-29(32(50-55)38(43,44)45)24-13-25(24)37(33,41)42/h4-6,9-10,12,14,17,24-26,46H,7-8,11,13,15-16H2,1-3H3,(H,47,56)(H,51,52)/t17-,24?,25-,26+/m1/s1. The van der Waals surface area contributed by atoms with Crippen LogP contribution in [-0.2, 0) is 46.9 Å². The monoisotopic (exact) mass is 876 g/mol. The number of piperazine rings is 1. The van der Waals surface area contributed by atoms with Crippen molar-refractivity contribution < 1.29 is 43.9 Å². The number of hydrogen-bond acceptors (Lipinski definition) is 10. The van der Waals surface area contributed by atoms with Gasteiger partial charge in [-0.15, -0.1) is 0 Å². The van der Waals surface area contributed by atoms with Crippen LogP contribution in [0, 0.1) is 17.6 Å². The molecule has 4 aromatic heterocycles. The summed E-state index contributed by atoms with van der Waals surface area (Å²) in [4.78, 5) is 25.9. The molecule has 13 nitrogen and oxygen atoms in total. The first-order valence-corrected chi connectivity index (χ1v) is 21.5. The number of thiazole rings is 1. The molecule has 6 aromatic rings. The molecule has 316 valence electrons. The van der Waals surface area contributed by atoms with Crippen molar-refractivity contribution in [1.82, 2.24) is 40.2 Å². The summed E-state index contributed by atoms with van der Waals surface area (Å²) in [6, 6.07) is 8.37. The van der Waals surface area contributed by atoms with Crippen molar-refractivity contribution in [1.29, 1.82) is 0 Å². The highest BCUT2D eigenvalue weighted by Gasteiger charge is 2.68. The normalized spacial score (nSPS) is 20.4. The summed E-state index contributed by atoms with van der Waals surface area (Å²) in [5, 5.41) is 15.0. The number of aryl methyl sites for hydroxylation is 1. The maximum atomic E-state index is 15.5. The zero-order valence-corrected chi connectivity index (χ0v) is 33.5. The van der Waals surface area contributed by atoms with Gasteiger partial charge < -0.3 is 15.5 Å². The predicted molar refractivity (Wildman–Crippen MR) is 208 cm³/mol. The van der Waals surface area contributed by atoms with Gasteiger partial charge in [-0.25, -0.2) is 22.2 Å². The van der Waals surface area contributed by atoms with E-state index in [4.69, 9.17) is 9.97 Å². The Morgan fingerprint density at radius 2 is 1.83 bits per heavy atom. The molecule has 3 N–H and O–H groups in total. The number of rotatable bonds is 10. The topological polar surface area (TPSA) is 152 Å². The molecule has 2 fully saturated rings. The number of amides is 1. The minimum atomic E-state index is -5.06. The van der Waals surface area contributed by atoms with E-state index in [1.807, 2.05) is 6.92 Å². The number of halogens is 7. The van der Waals surface area contributed by atoms with Gasteiger partial charge in [0.15, 0.2) is 22.3 Å². The van der Waals surface area contributed by atoms with Gasteiger partial charge in [-0.2, -0.15) is 37.1 Å². The molecule has 2 aliphatic carbocycles. The van der Waals surface area contributed by atoms with Gasteiger partial charge in [0.1, 0.15) is 23.9 Å². The number of anilines is 2. The Hall–Kier alpha value is -5.35. The minimum Gasteiger partial charge on any atom is -0.346 e. The van der Waals surface area contributed by atoms with Crippen molar-refractivity contribution in [3.63, 3.8) is 0 Å². The van der Waals surface area contributed by atoms with Crippen molar-refractivity contribution in [2.75, 3.05) is 35.5 Å². The van der Waals surface area contributed by atoms with Gasteiger partial charge in [0.25, 0.3) is 5.92 Å². The number of hydrogen-bond donors (Lipinski definition) is 3. The third-order valence-electron chi connectivity index (χ3n) is 11.0. The number of nitrogens with one attached hydrogen (secondary N) is 3. The molecule has 1 saturated heterocycles. The number of pyridine rings is 1. The summed E-state index contributed by atoms with van der Waals surface area (Å²) in [6.07, 6.45) is -4.55. The number of benzene rings is 2. The molecule has 0 spiro atoms. The molecule has 1 unspecified atom stereocenters. The van der Waals surface area contributed by atoms with E-state index in [2.05, 4.69) is 30.5 Å². The largest absolute Gasteiger partial charge is 0.435 e. The van der Waals surface area contributed by atoms with Crippen molar-refractivity contribution >= 4 is 59.5 Å². The summed E-state index contributed by atoms with van der Waals surface area (Å²) in [7, 11) is -2.18. The number of carbonyl (C=O) groups excluding carboxylic acids is 1. The number of nitrogens with zero attached hydrogens (tertiary/aromatic N) is 7. The fourth-order valence-corrected chi connectivity index (χ4v) is 10.0. The van der Waals surface area contributed by atoms with Crippen LogP contribution in [-0.4, -0.2) is 75.8 Å². The van der Waals surface area contributed by atoms with Crippen molar-refractivity contribution in [3.8, 4) is 11.1 Å². The Bertz CT molecular complexity index is 2820. The summed E-state index contributed by atoms with van der Waals surface area (Å²) < 4.78 is 132. The Morgan fingerprint density at radius 3 is 2.53 bits per heavy atom. The fraction of sp³-hybridized carbons (Fsp3) is 0.395. The maximum Gasteiger partial charge on any atom is 0.435 e. The van der Waals surface area contributed by atoms with Crippen molar-refractivity contribution in [3.05, 3.63) is 82.3 Å². The van der Waals surface area contributed by atoms with Gasteiger partial charge in [-0.05, 0) is 55.5 Å². The second-order valence-corrected chi connectivity index (χ2v) is 18.3. The third kappa shape index (κ3) is 7.20.